The summed E-state index contributed by atoms with van der Waals surface area (Å²) in [5, 5.41) is 0. The quantitative estimate of drug-likeness (QED) is 0.523. The van der Waals surface area contributed by atoms with Gasteiger partial charge < -0.3 is 17.2 Å². The van der Waals surface area contributed by atoms with Crippen LogP contribution in [0.15, 0.2) is 0 Å². The summed E-state index contributed by atoms with van der Waals surface area (Å²) < 4.78 is 0. The van der Waals surface area contributed by atoms with Crippen LogP contribution in [0, 0.1) is 5.41 Å². The van der Waals surface area contributed by atoms with E-state index in [0.717, 1.165) is 12.8 Å². The zero-order chi connectivity index (χ0) is 9.57. The molecular formula is C9H21CuN3. The first-order valence-corrected chi connectivity index (χ1v) is 4.57. The van der Waals surface area contributed by atoms with Crippen molar-refractivity contribution < 1.29 is 17.1 Å². The molecule has 1 aliphatic carbocycles. The van der Waals surface area contributed by atoms with E-state index in [-0.39, 0.29) is 40.1 Å². The van der Waals surface area contributed by atoms with Gasteiger partial charge in [0.1, 0.15) is 0 Å². The Balaban J connectivity index is 0.00000144. The molecule has 1 saturated carbocycles. The van der Waals surface area contributed by atoms with Gasteiger partial charge in [0.15, 0.2) is 0 Å². The smallest absolute Gasteiger partial charge is 0.0207 e. The molecule has 0 aliphatic heterocycles. The van der Waals surface area contributed by atoms with Gasteiger partial charge in [0.05, 0.1) is 0 Å². The second kappa shape index (κ2) is 3.87. The van der Waals surface area contributed by atoms with Gasteiger partial charge in [0, 0.05) is 34.7 Å². The van der Waals surface area contributed by atoms with Crippen molar-refractivity contribution in [3.05, 3.63) is 0 Å². The van der Waals surface area contributed by atoms with E-state index in [1.807, 2.05) is 6.92 Å². The van der Waals surface area contributed by atoms with Crippen molar-refractivity contribution in [2.45, 2.75) is 51.2 Å². The molecule has 1 rings (SSSR count). The number of rotatable bonds is 0. The van der Waals surface area contributed by atoms with Gasteiger partial charge in [-0.1, -0.05) is 13.8 Å². The number of hydrogen-bond donors (Lipinski definition) is 3. The third-order valence-corrected chi connectivity index (χ3v) is 3.64. The van der Waals surface area contributed by atoms with Crippen LogP contribution < -0.4 is 17.2 Å². The van der Waals surface area contributed by atoms with Crippen LogP contribution in [0.4, 0.5) is 0 Å². The Morgan fingerprint density at radius 3 is 2.00 bits per heavy atom. The van der Waals surface area contributed by atoms with Gasteiger partial charge in [0.25, 0.3) is 0 Å². The summed E-state index contributed by atoms with van der Waals surface area (Å²) in [6, 6.07) is 0.291. The van der Waals surface area contributed by atoms with Crippen LogP contribution in [0.25, 0.3) is 0 Å². The van der Waals surface area contributed by atoms with Crippen LogP contribution in [0.2, 0.25) is 0 Å². The molecule has 4 heteroatoms. The van der Waals surface area contributed by atoms with Gasteiger partial charge in [-0.3, -0.25) is 0 Å². The average Bonchev–Trinajstić information content (AvgIpc) is 1.82. The van der Waals surface area contributed by atoms with Crippen molar-refractivity contribution in [3.8, 4) is 0 Å². The molecule has 3 nitrogen and oxygen atoms in total. The standard InChI is InChI=1S/C9H21N3.Cu/c1-8(2)7(11)4-6(10)5-9(8,3)12;/h6-7H,4-5,10-12H2,1-3H3;/t6-,7+,9-;/m1./s1. The second-order valence-corrected chi connectivity index (χ2v) is 4.95. The molecule has 0 aromatic carbocycles. The molecular weight excluding hydrogens is 214 g/mol. The van der Waals surface area contributed by atoms with Crippen molar-refractivity contribution in [2.24, 2.45) is 22.6 Å². The summed E-state index contributed by atoms with van der Waals surface area (Å²) >= 11 is 0. The first kappa shape index (κ1) is 13.4. The minimum Gasteiger partial charge on any atom is -0.328 e. The molecule has 0 aromatic heterocycles. The Bertz CT molecular complexity index is 180. The van der Waals surface area contributed by atoms with Gasteiger partial charge in [-0.2, -0.15) is 0 Å². The molecule has 13 heavy (non-hydrogen) atoms. The minimum atomic E-state index is -0.232. The van der Waals surface area contributed by atoms with Gasteiger partial charge in [-0.05, 0) is 25.2 Å². The van der Waals surface area contributed by atoms with Crippen molar-refractivity contribution >= 4 is 0 Å². The van der Waals surface area contributed by atoms with Crippen molar-refractivity contribution in [3.63, 3.8) is 0 Å². The minimum absolute atomic E-state index is 0. The molecule has 3 atom stereocenters. The van der Waals surface area contributed by atoms with E-state index in [0.29, 0.717) is 0 Å². The number of hydrogen-bond acceptors (Lipinski definition) is 3. The molecule has 1 radical (unpaired) electrons. The van der Waals surface area contributed by atoms with Crippen LogP contribution in [0.3, 0.4) is 0 Å². The predicted octanol–water partition coefficient (Wildman–Crippen LogP) is 0.176. The summed E-state index contributed by atoms with van der Waals surface area (Å²) in [4.78, 5) is 0. The fourth-order valence-electron chi connectivity index (χ4n) is 1.94. The third-order valence-electron chi connectivity index (χ3n) is 3.64. The van der Waals surface area contributed by atoms with Crippen LogP contribution in [-0.2, 0) is 17.1 Å². The Kier molecular flexibility index (Phi) is 3.99. The van der Waals surface area contributed by atoms with E-state index in [2.05, 4.69) is 13.8 Å². The Labute approximate surface area is 91.3 Å². The van der Waals surface area contributed by atoms with E-state index < -0.39 is 0 Å². The molecule has 6 N–H and O–H groups in total. The molecule has 0 bridgehead atoms. The van der Waals surface area contributed by atoms with Crippen LogP contribution in [0.1, 0.15) is 33.6 Å². The summed E-state index contributed by atoms with van der Waals surface area (Å²) in [7, 11) is 0. The largest absolute Gasteiger partial charge is 0.328 e. The molecule has 83 valence electrons. The van der Waals surface area contributed by atoms with Crippen molar-refractivity contribution in [2.75, 3.05) is 0 Å². The molecule has 1 aliphatic rings. The second-order valence-electron chi connectivity index (χ2n) is 4.95. The summed E-state index contributed by atoms with van der Waals surface area (Å²) in [5.74, 6) is 0. The molecule has 1 fully saturated rings. The van der Waals surface area contributed by atoms with Crippen LogP contribution in [-0.4, -0.2) is 17.6 Å². The van der Waals surface area contributed by atoms with Gasteiger partial charge >= 0.3 is 0 Å². The molecule has 0 spiro atoms. The first-order chi connectivity index (χ1) is 5.27. The SMILES string of the molecule is CC1(C)[C@@H](N)C[C@@H](N)C[C@@]1(C)N.[Cu]. The Morgan fingerprint density at radius 2 is 1.62 bits per heavy atom. The Hall–Kier alpha value is 0.399. The molecule has 0 unspecified atom stereocenters. The fraction of sp³-hybridized carbons (Fsp3) is 1.00. The third kappa shape index (κ3) is 2.25. The topological polar surface area (TPSA) is 78.1 Å². The van der Waals surface area contributed by atoms with Gasteiger partial charge in [0.2, 0.25) is 0 Å². The van der Waals surface area contributed by atoms with E-state index in [1.54, 1.807) is 0 Å². The van der Waals surface area contributed by atoms with Gasteiger partial charge in [-0.25, -0.2) is 0 Å². The molecule has 0 aromatic rings. The monoisotopic (exact) mass is 234 g/mol. The maximum absolute atomic E-state index is 6.18. The Morgan fingerprint density at radius 1 is 1.15 bits per heavy atom. The number of nitrogens with two attached hydrogens (primary N) is 3. The summed E-state index contributed by atoms with van der Waals surface area (Å²) in [5.41, 5.74) is 17.8. The van der Waals surface area contributed by atoms with Crippen molar-refractivity contribution in [1.29, 1.82) is 0 Å². The first-order valence-electron chi connectivity index (χ1n) is 4.57. The maximum Gasteiger partial charge on any atom is 0.0207 e. The maximum atomic E-state index is 6.18. The van der Waals surface area contributed by atoms with Crippen LogP contribution in [0.5, 0.6) is 0 Å². The van der Waals surface area contributed by atoms with Crippen molar-refractivity contribution in [1.82, 2.24) is 0 Å². The normalized spacial score (nSPS) is 43.8. The summed E-state index contributed by atoms with van der Waals surface area (Å²) in [6.45, 7) is 6.30. The average molecular weight is 235 g/mol. The fourth-order valence-corrected chi connectivity index (χ4v) is 1.94. The molecule has 0 heterocycles. The summed E-state index contributed by atoms with van der Waals surface area (Å²) in [6.07, 6.45) is 1.76. The zero-order valence-electron chi connectivity index (χ0n) is 8.60. The molecule has 0 saturated heterocycles. The van der Waals surface area contributed by atoms with Gasteiger partial charge in [-0.15, -0.1) is 0 Å². The van der Waals surface area contributed by atoms with E-state index >= 15 is 0 Å². The zero-order valence-corrected chi connectivity index (χ0v) is 9.54. The molecule has 0 amide bonds. The van der Waals surface area contributed by atoms with E-state index in [9.17, 15) is 0 Å². The van der Waals surface area contributed by atoms with E-state index in [1.165, 1.54) is 0 Å². The van der Waals surface area contributed by atoms with Crippen LogP contribution >= 0.6 is 0 Å². The van der Waals surface area contributed by atoms with E-state index in [4.69, 9.17) is 17.2 Å². The predicted molar refractivity (Wildman–Crippen MR) is 51.6 cm³/mol.